The van der Waals surface area contributed by atoms with Crippen molar-refractivity contribution < 1.29 is 61.5 Å². The average molecular weight is 835 g/mol. The van der Waals surface area contributed by atoms with Gasteiger partial charge in [-0.25, -0.2) is 17.7 Å². The zero-order valence-electron chi connectivity index (χ0n) is 33.1. The maximum absolute atomic E-state index is 13.8. The van der Waals surface area contributed by atoms with Crippen molar-refractivity contribution in [1.82, 2.24) is 26.2 Å². The molecule has 0 spiro atoms. The number of nitrogens with zero attached hydrogens (tertiary/aromatic N) is 1. The van der Waals surface area contributed by atoms with Gasteiger partial charge in [0.1, 0.15) is 0 Å². The Labute approximate surface area is 334 Å². The SMILES string of the molecule is COP(C)(=O)OC1CCC(C(=O)NCc2ccc(C[C@@H](C(=O)NCCOCCON)N(CC(=O)NCCOCCON)CC(=O)NCCOCCON)cc2)CC1. The molecular formula is C35H63N8O13P. The molecule has 57 heavy (non-hydrogen) atoms. The van der Waals surface area contributed by atoms with Crippen LogP contribution in [0.4, 0.5) is 0 Å². The first-order valence-corrected chi connectivity index (χ1v) is 20.9. The molecule has 1 fully saturated rings. The molecule has 1 aliphatic carbocycles. The highest BCUT2D eigenvalue weighted by molar-refractivity contribution is 7.52. The summed E-state index contributed by atoms with van der Waals surface area (Å²) in [5.74, 6) is 13.5. The number of hydrogen-bond donors (Lipinski definition) is 7. The van der Waals surface area contributed by atoms with Gasteiger partial charge in [0.05, 0.1) is 84.7 Å². The van der Waals surface area contributed by atoms with E-state index in [1.54, 1.807) is 0 Å². The van der Waals surface area contributed by atoms with Crippen molar-refractivity contribution in [2.45, 2.75) is 50.8 Å². The smallest absolute Gasteiger partial charge is 0.327 e. The molecule has 326 valence electrons. The molecule has 0 heterocycles. The first-order chi connectivity index (χ1) is 27.5. The Morgan fingerprint density at radius 2 is 1.18 bits per heavy atom. The first-order valence-electron chi connectivity index (χ1n) is 18.9. The maximum Gasteiger partial charge on any atom is 0.327 e. The minimum absolute atomic E-state index is 0.0697. The molecule has 21 nitrogen and oxygen atoms in total. The normalized spacial score (nSPS) is 17.1. The highest BCUT2D eigenvalue weighted by atomic mass is 31.2. The van der Waals surface area contributed by atoms with Gasteiger partial charge in [-0.15, -0.1) is 0 Å². The number of carbonyl (C=O) groups is 4. The molecule has 0 saturated heterocycles. The minimum Gasteiger partial charge on any atom is -0.377 e. The van der Waals surface area contributed by atoms with E-state index in [1.165, 1.54) is 18.7 Å². The molecule has 1 aromatic rings. The van der Waals surface area contributed by atoms with Crippen LogP contribution in [0.3, 0.4) is 0 Å². The largest absolute Gasteiger partial charge is 0.377 e. The second-order valence-corrected chi connectivity index (χ2v) is 15.3. The van der Waals surface area contributed by atoms with E-state index in [0.29, 0.717) is 32.2 Å². The molecule has 2 rings (SSSR count). The topological polar surface area (TPSA) is 289 Å². The van der Waals surface area contributed by atoms with Crippen LogP contribution in [0.5, 0.6) is 0 Å². The Morgan fingerprint density at radius 3 is 1.65 bits per heavy atom. The Balaban J connectivity index is 2.13. The summed E-state index contributed by atoms with van der Waals surface area (Å²) in [7, 11) is -1.75. The van der Waals surface area contributed by atoms with E-state index in [-0.39, 0.29) is 117 Å². The van der Waals surface area contributed by atoms with Crippen LogP contribution in [-0.2, 0) is 74.5 Å². The highest BCUT2D eigenvalue weighted by Crippen LogP contribution is 2.46. The number of rotatable bonds is 32. The summed E-state index contributed by atoms with van der Waals surface area (Å²) in [6.07, 6.45) is 2.37. The van der Waals surface area contributed by atoms with Crippen molar-refractivity contribution in [3.63, 3.8) is 0 Å². The van der Waals surface area contributed by atoms with Crippen molar-refractivity contribution in [1.29, 1.82) is 0 Å². The Hall–Kier alpha value is -3.15. The number of ether oxygens (including phenoxy) is 3. The molecule has 0 aliphatic heterocycles. The van der Waals surface area contributed by atoms with Crippen LogP contribution in [0.15, 0.2) is 24.3 Å². The maximum atomic E-state index is 13.8. The van der Waals surface area contributed by atoms with E-state index >= 15 is 0 Å². The van der Waals surface area contributed by atoms with Gasteiger partial charge < -0.3 is 59.0 Å². The Morgan fingerprint density at radius 1 is 0.702 bits per heavy atom. The van der Waals surface area contributed by atoms with Crippen molar-refractivity contribution in [3.8, 4) is 0 Å². The first kappa shape index (κ1) is 50.0. The van der Waals surface area contributed by atoms with Gasteiger partial charge in [0.25, 0.3) is 0 Å². The van der Waals surface area contributed by atoms with Crippen molar-refractivity contribution in [2.24, 2.45) is 23.6 Å². The lowest BCUT2D eigenvalue weighted by Crippen LogP contribution is -2.54. The van der Waals surface area contributed by atoms with E-state index in [9.17, 15) is 23.7 Å². The summed E-state index contributed by atoms with van der Waals surface area (Å²) < 4.78 is 38.8. The number of nitrogens with one attached hydrogen (secondary N) is 4. The predicted octanol–water partition coefficient (Wildman–Crippen LogP) is -1.37. The predicted molar refractivity (Wildman–Crippen MR) is 207 cm³/mol. The van der Waals surface area contributed by atoms with E-state index in [0.717, 1.165) is 11.1 Å². The van der Waals surface area contributed by atoms with E-state index in [1.807, 2.05) is 24.3 Å². The van der Waals surface area contributed by atoms with Gasteiger partial charge in [-0.2, -0.15) is 0 Å². The quantitative estimate of drug-likeness (QED) is 0.0250. The summed E-state index contributed by atoms with van der Waals surface area (Å²) in [6, 6.07) is 6.41. The minimum atomic E-state index is -3.10. The Bertz CT molecular complexity index is 1310. The van der Waals surface area contributed by atoms with Gasteiger partial charge in [-0.3, -0.25) is 28.6 Å². The van der Waals surface area contributed by atoms with Crippen molar-refractivity contribution >= 4 is 31.2 Å². The van der Waals surface area contributed by atoms with E-state index in [2.05, 4.69) is 35.8 Å². The third-order valence-electron chi connectivity index (χ3n) is 8.79. The average Bonchev–Trinajstić information content (AvgIpc) is 3.20. The standard InChI is InChI=1S/C35H63N8O13P/c1-49-57(2,48)56-30-9-7-29(8-10-30)34(46)42-24-28-5-3-27(4-6-28)23-31(35(47)41-13-16-52-19-22-55-38)43(25-32(44)39-11-14-50-17-20-53-36)26-33(45)40-12-15-51-18-21-54-37/h3-6,29-31H,7-26,36-38H2,1-2H3,(H,39,44)(H,40,45)(H,41,47)(H,42,46)/t29?,30?,31-,57?/m0/s1. The van der Waals surface area contributed by atoms with Gasteiger partial charge in [-0.1, -0.05) is 24.3 Å². The fourth-order valence-corrected chi connectivity index (χ4v) is 6.59. The molecular weight excluding hydrogens is 771 g/mol. The fraction of sp³-hybridized carbons (Fsp3) is 0.714. The number of amides is 4. The molecule has 1 aliphatic rings. The van der Waals surface area contributed by atoms with Crippen LogP contribution in [0.25, 0.3) is 0 Å². The van der Waals surface area contributed by atoms with Crippen LogP contribution in [0.1, 0.15) is 36.8 Å². The summed E-state index contributed by atoms with van der Waals surface area (Å²) in [4.78, 5) is 68.0. The van der Waals surface area contributed by atoms with Crippen LogP contribution < -0.4 is 39.0 Å². The van der Waals surface area contributed by atoms with E-state index in [4.69, 9.17) is 40.9 Å². The summed E-state index contributed by atoms with van der Waals surface area (Å²) in [5, 5.41) is 11.3. The van der Waals surface area contributed by atoms with Gasteiger partial charge in [0.2, 0.25) is 23.6 Å². The number of carbonyl (C=O) groups excluding carboxylic acids is 4. The molecule has 4 amide bonds. The molecule has 2 atom stereocenters. The van der Waals surface area contributed by atoms with E-state index < -0.39 is 31.4 Å². The number of benzene rings is 1. The zero-order chi connectivity index (χ0) is 41.7. The second kappa shape index (κ2) is 30.0. The van der Waals surface area contributed by atoms with Gasteiger partial charge in [0.15, 0.2) is 0 Å². The number of hydrogen-bond acceptors (Lipinski definition) is 17. The molecule has 1 saturated carbocycles. The second-order valence-electron chi connectivity index (χ2n) is 13.1. The van der Waals surface area contributed by atoms with Crippen LogP contribution in [-0.4, -0.2) is 147 Å². The monoisotopic (exact) mass is 834 g/mol. The molecule has 10 N–H and O–H groups in total. The Kier molecular flexibility index (Phi) is 26.3. The highest BCUT2D eigenvalue weighted by Gasteiger charge is 2.31. The summed E-state index contributed by atoms with van der Waals surface area (Å²) in [5.41, 5.74) is 1.59. The lowest BCUT2D eigenvalue weighted by atomic mass is 9.87. The fourth-order valence-electron chi connectivity index (χ4n) is 5.76. The lowest BCUT2D eigenvalue weighted by molar-refractivity contribution is -0.132. The van der Waals surface area contributed by atoms with Crippen molar-refractivity contribution in [3.05, 3.63) is 35.4 Å². The van der Waals surface area contributed by atoms with Crippen LogP contribution in [0, 0.1) is 5.92 Å². The lowest BCUT2D eigenvalue weighted by Gasteiger charge is -2.30. The molecule has 0 aromatic heterocycles. The van der Waals surface area contributed by atoms with Gasteiger partial charge in [-0.05, 0) is 43.2 Å². The van der Waals surface area contributed by atoms with Gasteiger partial charge >= 0.3 is 7.60 Å². The van der Waals surface area contributed by atoms with Gasteiger partial charge in [0, 0.05) is 45.9 Å². The molecule has 0 bridgehead atoms. The van der Waals surface area contributed by atoms with Crippen LogP contribution >= 0.6 is 7.60 Å². The molecule has 22 heteroatoms. The third-order valence-corrected chi connectivity index (χ3v) is 10.1. The molecule has 1 aromatic carbocycles. The van der Waals surface area contributed by atoms with Crippen molar-refractivity contribution in [2.75, 3.05) is 106 Å². The summed E-state index contributed by atoms with van der Waals surface area (Å²) in [6.45, 7) is 3.54. The van der Waals surface area contributed by atoms with Crippen LogP contribution in [0.2, 0.25) is 0 Å². The number of nitrogens with two attached hydrogens (primary N) is 3. The molecule has 0 radical (unpaired) electrons. The molecule has 1 unspecified atom stereocenters. The summed E-state index contributed by atoms with van der Waals surface area (Å²) >= 11 is 0. The zero-order valence-corrected chi connectivity index (χ0v) is 34.0. The third kappa shape index (κ3) is 22.5.